The molecule has 1 aromatic rings. The second-order valence-electron chi connectivity index (χ2n) is 5.49. The molecule has 0 saturated carbocycles. The van der Waals surface area contributed by atoms with Crippen molar-refractivity contribution in [3.05, 3.63) is 24.0 Å². The minimum atomic E-state index is -4.06. The van der Waals surface area contributed by atoms with Gasteiger partial charge >= 0.3 is 6.18 Å². The fraction of sp³-hybridized carbons (Fsp3) is 0.667. The Morgan fingerprint density at radius 2 is 2.00 bits per heavy atom. The lowest BCUT2D eigenvalue weighted by Crippen LogP contribution is -2.39. The van der Waals surface area contributed by atoms with Gasteiger partial charge in [-0.1, -0.05) is 6.92 Å². The lowest BCUT2D eigenvalue weighted by atomic mass is 9.96. The third-order valence-corrected chi connectivity index (χ3v) is 4.21. The van der Waals surface area contributed by atoms with E-state index in [1.165, 1.54) is 0 Å². The van der Waals surface area contributed by atoms with Gasteiger partial charge in [0.15, 0.2) is 0 Å². The van der Waals surface area contributed by atoms with Crippen molar-refractivity contribution in [3.63, 3.8) is 0 Å². The van der Waals surface area contributed by atoms with Crippen LogP contribution in [0.25, 0.3) is 0 Å². The summed E-state index contributed by atoms with van der Waals surface area (Å²) in [5, 5.41) is 3.19. The average molecular weight is 301 g/mol. The highest BCUT2D eigenvalue weighted by molar-refractivity contribution is 5.45. The van der Waals surface area contributed by atoms with E-state index in [0.29, 0.717) is 13.1 Å². The Labute approximate surface area is 123 Å². The van der Waals surface area contributed by atoms with Crippen molar-refractivity contribution in [3.8, 4) is 0 Å². The minimum Gasteiger partial charge on any atom is -0.370 e. The molecule has 1 fully saturated rings. The summed E-state index contributed by atoms with van der Waals surface area (Å²) in [6, 6.07) is 4.13. The fourth-order valence-electron chi connectivity index (χ4n) is 2.82. The van der Waals surface area contributed by atoms with Gasteiger partial charge in [0, 0.05) is 19.1 Å². The molecule has 0 radical (unpaired) electrons. The summed E-state index contributed by atoms with van der Waals surface area (Å²) >= 11 is 0. The summed E-state index contributed by atoms with van der Waals surface area (Å²) in [6.07, 6.45) is -1.02. The van der Waals surface area contributed by atoms with Gasteiger partial charge in [-0.3, -0.25) is 4.98 Å². The monoisotopic (exact) mass is 301 g/mol. The summed E-state index contributed by atoms with van der Waals surface area (Å²) in [4.78, 5) is 6.42. The highest BCUT2D eigenvalue weighted by Crippen LogP contribution is 2.35. The van der Waals surface area contributed by atoms with Gasteiger partial charge in [0.2, 0.25) is 0 Å². The van der Waals surface area contributed by atoms with Crippen molar-refractivity contribution in [2.45, 2.75) is 38.4 Å². The average Bonchev–Trinajstić information content (AvgIpc) is 2.48. The van der Waals surface area contributed by atoms with E-state index in [1.54, 1.807) is 6.20 Å². The molecule has 1 aromatic heterocycles. The van der Waals surface area contributed by atoms with Crippen LogP contribution < -0.4 is 10.2 Å². The van der Waals surface area contributed by atoms with E-state index in [0.717, 1.165) is 17.8 Å². The number of anilines is 1. The number of aromatic nitrogens is 1. The molecule has 1 unspecified atom stereocenters. The number of piperidine rings is 1. The number of pyridine rings is 1. The summed E-state index contributed by atoms with van der Waals surface area (Å²) < 4.78 is 38.0. The Morgan fingerprint density at radius 1 is 1.33 bits per heavy atom. The van der Waals surface area contributed by atoms with Crippen LogP contribution in [-0.4, -0.2) is 31.3 Å². The van der Waals surface area contributed by atoms with Crippen molar-refractivity contribution in [2.75, 3.05) is 25.0 Å². The number of hydrogen-bond donors (Lipinski definition) is 1. The molecule has 21 heavy (non-hydrogen) atoms. The first kappa shape index (κ1) is 16.1. The molecule has 3 nitrogen and oxygen atoms in total. The van der Waals surface area contributed by atoms with Crippen molar-refractivity contribution in [1.29, 1.82) is 0 Å². The quantitative estimate of drug-likeness (QED) is 0.922. The highest BCUT2D eigenvalue weighted by Gasteiger charge is 2.41. The molecule has 6 heteroatoms. The molecular formula is C15H22F3N3. The summed E-state index contributed by atoms with van der Waals surface area (Å²) in [5.74, 6) is -1.16. The van der Waals surface area contributed by atoms with Crippen molar-refractivity contribution < 1.29 is 13.2 Å². The molecule has 118 valence electrons. The second-order valence-corrected chi connectivity index (χ2v) is 5.49. The number of alkyl halides is 3. The molecule has 1 aliphatic heterocycles. The maximum atomic E-state index is 12.7. The van der Waals surface area contributed by atoms with Gasteiger partial charge in [-0.2, -0.15) is 13.2 Å². The molecule has 2 heterocycles. The maximum Gasteiger partial charge on any atom is 0.391 e. The van der Waals surface area contributed by atoms with Crippen LogP contribution in [0.4, 0.5) is 18.9 Å². The topological polar surface area (TPSA) is 28.2 Å². The first-order valence-electron chi connectivity index (χ1n) is 7.40. The molecular weight excluding hydrogens is 279 g/mol. The molecule has 0 bridgehead atoms. The number of halogens is 3. The first-order valence-corrected chi connectivity index (χ1v) is 7.40. The van der Waals surface area contributed by atoms with Gasteiger partial charge in [0.25, 0.3) is 0 Å². The van der Waals surface area contributed by atoms with Crippen LogP contribution in [0.3, 0.4) is 0 Å². The first-order chi connectivity index (χ1) is 9.95. The van der Waals surface area contributed by atoms with Crippen LogP contribution >= 0.6 is 0 Å². The Hall–Kier alpha value is -1.30. The standard InChI is InChI=1S/C15H22F3N3/c1-3-13(19-2)14-5-4-12(10-20-14)21-8-6-11(7-9-21)15(16,17)18/h4-5,10-11,13,19H,3,6-9H2,1-2H3. The third kappa shape index (κ3) is 3.87. The molecule has 1 saturated heterocycles. The minimum absolute atomic E-state index is 0.166. The zero-order chi connectivity index (χ0) is 15.5. The highest BCUT2D eigenvalue weighted by atomic mass is 19.4. The lowest BCUT2D eigenvalue weighted by Gasteiger charge is -2.34. The number of nitrogens with one attached hydrogen (secondary N) is 1. The van der Waals surface area contributed by atoms with E-state index < -0.39 is 12.1 Å². The van der Waals surface area contributed by atoms with Crippen LogP contribution in [-0.2, 0) is 0 Å². The van der Waals surface area contributed by atoms with E-state index in [4.69, 9.17) is 0 Å². The smallest absolute Gasteiger partial charge is 0.370 e. The summed E-state index contributed by atoms with van der Waals surface area (Å²) in [5.41, 5.74) is 1.87. The maximum absolute atomic E-state index is 12.7. The van der Waals surface area contributed by atoms with Crippen molar-refractivity contribution in [1.82, 2.24) is 10.3 Å². The van der Waals surface area contributed by atoms with Gasteiger partial charge in [-0.25, -0.2) is 0 Å². The second kappa shape index (κ2) is 6.64. The van der Waals surface area contributed by atoms with Crippen LogP contribution in [0.15, 0.2) is 18.3 Å². The normalized spacial score (nSPS) is 18.8. The fourth-order valence-corrected chi connectivity index (χ4v) is 2.82. The van der Waals surface area contributed by atoms with Crippen molar-refractivity contribution in [2.24, 2.45) is 5.92 Å². The van der Waals surface area contributed by atoms with E-state index >= 15 is 0 Å². The summed E-state index contributed by atoms with van der Waals surface area (Å²) in [6.45, 7) is 2.96. The number of nitrogens with zero attached hydrogens (tertiary/aromatic N) is 2. The van der Waals surface area contributed by atoms with Crippen LogP contribution in [0.2, 0.25) is 0 Å². The molecule has 1 N–H and O–H groups in total. The van der Waals surface area contributed by atoms with E-state index in [1.807, 2.05) is 24.1 Å². The zero-order valence-corrected chi connectivity index (χ0v) is 12.5. The van der Waals surface area contributed by atoms with Crippen LogP contribution in [0.1, 0.15) is 37.9 Å². The molecule has 1 atom stereocenters. The Balaban J connectivity index is 1.98. The Kier molecular flexibility index (Phi) is 5.08. The van der Waals surface area contributed by atoms with E-state index in [2.05, 4.69) is 17.2 Å². The Morgan fingerprint density at radius 3 is 2.43 bits per heavy atom. The number of hydrogen-bond acceptors (Lipinski definition) is 3. The molecule has 0 amide bonds. The largest absolute Gasteiger partial charge is 0.391 e. The van der Waals surface area contributed by atoms with Gasteiger partial charge in [-0.05, 0) is 38.4 Å². The molecule has 1 aliphatic rings. The van der Waals surface area contributed by atoms with E-state index in [-0.39, 0.29) is 18.9 Å². The predicted molar refractivity (Wildman–Crippen MR) is 77.3 cm³/mol. The molecule has 0 aliphatic carbocycles. The lowest BCUT2D eigenvalue weighted by molar-refractivity contribution is -0.179. The van der Waals surface area contributed by atoms with Gasteiger partial charge < -0.3 is 10.2 Å². The van der Waals surface area contributed by atoms with Crippen LogP contribution in [0, 0.1) is 5.92 Å². The van der Waals surface area contributed by atoms with Crippen LogP contribution in [0.5, 0.6) is 0 Å². The zero-order valence-electron chi connectivity index (χ0n) is 12.5. The van der Waals surface area contributed by atoms with Gasteiger partial charge in [0.1, 0.15) is 0 Å². The van der Waals surface area contributed by atoms with Gasteiger partial charge in [0.05, 0.1) is 23.5 Å². The SMILES string of the molecule is CCC(NC)c1ccc(N2CCC(C(F)(F)F)CC2)cn1. The van der Waals surface area contributed by atoms with Gasteiger partial charge in [-0.15, -0.1) is 0 Å². The van der Waals surface area contributed by atoms with Crippen molar-refractivity contribution >= 4 is 5.69 Å². The third-order valence-electron chi connectivity index (χ3n) is 4.21. The molecule has 0 spiro atoms. The van der Waals surface area contributed by atoms with E-state index in [9.17, 15) is 13.2 Å². The summed E-state index contributed by atoms with van der Waals surface area (Å²) in [7, 11) is 1.89. The number of rotatable bonds is 4. The molecule has 2 rings (SSSR count). The molecule has 0 aromatic carbocycles. The Bertz CT molecular complexity index is 432. The predicted octanol–water partition coefficient (Wildman–Crippen LogP) is 3.53.